The summed E-state index contributed by atoms with van der Waals surface area (Å²) in [4.78, 5) is 15.5. The number of esters is 1. The highest BCUT2D eigenvalue weighted by molar-refractivity contribution is 8.00. The molecule has 4 heteroatoms. The Morgan fingerprint density at radius 3 is 1.00 bits per heavy atom. The lowest BCUT2D eigenvalue weighted by molar-refractivity contribution is -0.149. The van der Waals surface area contributed by atoms with E-state index in [9.17, 15) is 0 Å². The molecule has 0 radical (unpaired) electrons. The monoisotopic (exact) mass is 771 g/mol. The zero-order chi connectivity index (χ0) is 39.5. The van der Waals surface area contributed by atoms with Gasteiger partial charge in [0.15, 0.2) is 6.10 Å². The van der Waals surface area contributed by atoms with Gasteiger partial charge >= 0.3 is 5.97 Å². The van der Waals surface area contributed by atoms with Gasteiger partial charge in [0.05, 0.1) is 10.3 Å². The Kier molecular flexibility index (Phi) is 12.1. The van der Waals surface area contributed by atoms with Crippen LogP contribution in [-0.4, -0.2) is 17.8 Å². The molecule has 0 spiro atoms. The SMILES string of the molecule is O=C(OC(c1ccccc1)c1ccccc1)[C@H](CSC(c1ccccc1)(c1ccccc1)c1ccccc1)NC(c1ccccc1)(c1ccccc1)c1ccccc1. The topological polar surface area (TPSA) is 38.3 Å². The number of thioether (sulfide) groups is 1. The number of carbonyl (C=O) groups excluding carboxylic acids is 1. The number of ether oxygens (including phenoxy) is 1. The zero-order valence-corrected chi connectivity index (χ0v) is 33.0. The summed E-state index contributed by atoms with van der Waals surface area (Å²) in [7, 11) is 0. The van der Waals surface area contributed by atoms with Crippen LogP contribution in [0.2, 0.25) is 0 Å². The van der Waals surface area contributed by atoms with Crippen LogP contribution in [0, 0.1) is 0 Å². The van der Waals surface area contributed by atoms with Crippen LogP contribution >= 0.6 is 11.8 Å². The predicted octanol–water partition coefficient (Wildman–Crippen LogP) is 12.0. The third kappa shape index (κ3) is 8.03. The highest BCUT2D eigenvalue weighted by Crippen LogP contribution is 2.49. The third-order valence-corrected chi connectivity index (χ3v) is 12.4. The molecule has 284 valence electrons. The lowest BCUT2D eigenvalue weighted by Crippen LogP contribution is -2.54. The lowest BCUT2D eigenvalue weighted by atomic mass is 9.76. The molecule has 0 unspecified atom stereocenters. The van der Waals surface area contributed by atoms with E-state index in [0.717, 1.165) is 44.5 Å². The summed E-state index contributed by atoms with van der Waals surface area (Å²) in [6, 6.07) is 82.4. The summed E-state index contributed by atoms with van der Waals surface area (Å²) < 4.78 is 6.14. The second kappa shape index (κ2) is 18.2. The fourth-order valence-electron chi connectivity index (χ4n) is 8.00. The lowest BCUT2D eigenvalue weighted by Gasteiger charge is -2.41. The fourth-order valence-corrected chi connectivity index (χ4v) is 9.55. The molecule has 0 bridgehead atoms. The number of rotatable bonds is 15. The molecule has 8 aromatic rings. The molecule has 1 atom stereocenters. The van der Waals surface area contributed by atoms with Crippen LogP contribution in [0.25, 0.3) is 0 Å². The zero-order valence-electron chi connectivity index (χ0n) is 32.2. The Morgan fingerprint density at radius 1 is 0.414 bits per heavy atom. The Hall–Kier alpha value is -6.46. The van der Waals surface area contributed by atoms with E-state index in [2.05, 4.69) is 169 Å². The van der Waals surface area contributed by atoms with Gasteiger partial charge in [-0.2, -0.15) is 0 Å². The molecule has 0 aliphatic heterocycles. The van der Waals surface area contributed by atoms with Crippen LogP contribution in [0.15, 0.2) is 243 Å². The molecule has 58 heavy (non-hydrogen) atoms. The average molecular weight is 772 g/mol. The van der Waals surface area contributed by atoms with Crippen molar-refractivity contribution in [1.29, 1.82) is 0 Å². The maximum absolute atomic E-state index is 15.5. The van der Waals surface area contributed by atoms with E-state index in [1.54, 1.807) is 11.8 Å². The standard InChI is InChI=1S/C54H45NO2S/c56-52(57-51(42-25-9-1-10-26-42)43-27-11-2-12-28-43)50(55-53(44-29-13-3-14-30-44,45-31-15-4-16-32-45)46-33-17-5-18-34-46)41-58-54(47-35-19-6-20-36-47,48-37-21-7-22-38-48)49-39-23-8-24-40-49/h1-40,50-51,55H,41H2/t50-/m0/s1. The van der Waals surface area contributed by atoms with Crippen LogP contribution in [-0.2, 0) is 19.8 Å². The minimum absolute atomic E-state index is 0.347. The van der Waals surface area contributed by atoms with Gasteiger partial charge < -0.3 is 4.74 Å². The Labute approximate surface area is 346 Å². The second-order valence-corrected chi connectivity index (χ2v) is 15.5. The molecule has 0 saturated heterocycles. The molecule has 0 amide bonds. The molecule has 8 aromatic carbocycles. The van der Waals surface area contributed by atoms with Crippen molar-refractivity contribution in [2.24, 2.45) is 0 Å². The summed E-state index contributed by atoms with van der Waals surface area (Å²) >= 11 is 1.75. The van der Waals surface area contributed by atoms with Gasteiger partial charge in [-0.1, -0.05) is 243 Å². The van der Waals surface area contributed by atoms with Gasteiger partial charge in [0.25, 0.3) is 0 Å². The van der Waals surface area contributed by atoms with Gasteiger partial charge in [0.1, 0.15) is 6.04 Å². The molecule has 8 rings (SSSR count). The van der Waals surface area contributed by atoms with Crippen molar-refractivity contribution in [3.8, 4) is 0 Å². The maximum atomic E-state index is 15.5. The highest BCUT2D eigenvalue weighted by atomic mass is 32.2. The van der Waals surface area contributed by atoms with Crippen molar-refractivity contribution in [3.63, 3.8) is 0 Å². The molecule has 0 aliphatic carbocycles. The van der Waals surface area contributed by atoms with Crippen molar-refractivity contribution in [2.45, 2.75) is 22.4 Å². The van der Waals surface area contributed by atoms with Gasteiger partial charge in [-0.05, 0) is 44.5 Å². The van der Waals surface area contributed by atoms with E-state index >= 15 is 4.79 Å². The van der Waals surface area contributed by atoms with Crippen molar-refractivity contribution in [3.05, 3.63) is 287 Å². The fraction of sp³-hybridized carbons (Fsp3) is 0.0926. The number of hydrogen-bond acceptors (Lipinski definition) is 4. The summed E-state index contributed by atoms with van der Waals surface area (Å²) in [5.41, 5.74) is 7.28. The minimum atomic E-state index is -0.933. The van der Waals surface area contributed by atoms with E-state index in [-0.39, 0.29) is 5.97 Å². The molecule has 0 heterocycles. The molecule has 1 N–H and O–H groups in total. The van der Waals surface area contributed by atoms with E-state index in [4.69, 9.17) is 4.74 Å². The first-order chi connectivity index (χ1) is 28.7. The Morgan fingerprint density at radius 2 is 0.690 bits per heavy atom. The normalized spacial score (nSPS) is 12.2. The van der Waals surface area contributed by atoms with Crippen LogP contribution < -0.4 is 5.32 Å². The molecular formula is C54H45NO2S. The highest BCUT2D eigenvalue weighted by Gasteiger charge is 2.44. The van der Waals surface area contributed by atoms with Crippen molar-refractivity contribution >= 4 is 17.7 Å². The summed E-state index contributed by atoms with van der Waals surface area (Å²) in [5, 5.41) is 4.06. The smallest absolute Gasteiger partial charge is 0.324 e. The largest absolute Gasteiger partial charge is 0.451 e. The first-order valence-corrected chi connectivity index (χ1v) is 20.7. The number of benzene rings is 8. The number of carbonyl (C=O) groups is 1. The van der Waals surface area contributed by atoms with Gasteiger partial charge in [-0.3, -0.25) is 10.1 Å². The quantitative estimate of drug-likeness (QED) is 0.0832. The van der Waals surface area contributed by atoms with Gasteiger partial charge in [-0.15, -0.1) is 11.8 Å². The average Bonchev–Trinajstić information content (AvgIpc) is 3.32. The first kappa shape index (κ1) is 38.4. The molecule has 3 nitrogen and oxygen atoms in total. The van der Waals surface area contributed by atoms with Crippen molar-refractivity contribution in [2.75, 3.05) is 5.75 Å². The minimum Gasteiger partial charge on any atom is -0.451 e. The Bertz CT molecular complexity index is 2220. The van der Waals surface area contributed by atoms with Crippen LogP contribution in [0.5, 0.6) is 0 Å². The molecule has 0 aliphatic rings. The van der Waals surface area contributed by atoms with Crippen LogP contribution in [0.3, 0.4) is 0 Å². The number of nitrogens with one attached hydrogen (secondary N) is 1. The summed E-state index contributed by atoms with van der Waals surface area (Å²) in [5.74, 6) is 0.0164. The number of hydrogen-bond donors (Lipinski definition) is 1. The summed E-state index contributed by atoms with van der Waals surface area (Å²) in [6.45, 7) is 0. The van der Waals surface area contributed by atoms with Gasteiger partial charge in [0, 0.05) is 5.75 Å². The van der Waals surface area contributed by atoms with E-state index < -0.39 is 22.4 Å². The van der Waals surface area contributed by atoms with Crippen molar-refractivity contribution in [1.82, 2.24) is 5.32 Å². The first-order valence-electron chi connectivity index (χ1n) is 19.7. The third-order valence-electron chi connectivity index (χ3n) is 10.7. The van der Waals surface area contributed by atoms with Crippen molar-refractivity contribution < 1.29 is 9.53 Å². The van der Waals surface area contributed by atoms with E-state index in [0.29, 0.717) is 5.75 Å². The molecule has 0 saturated carbocycles. The maximum Gasteiger partial charge on any atom is 0.324 e. The van der Waals surface area contributed by atoms with Gasteiger partial charge in [-0.25, -0.2) is 0 Å². The molecule has 0 fully saturated rings. The van der Waals surface area contributed by atoms with Gasteiger partial charge in [0.2, 0.25) is 0 Å². The van der Waals surface area contributed by atoms with Crippen LogP contribution in [0.4, 0.5) is 0 Å². The molecular weight excluding hydrogens is 727 g/mol. The predicted molar refractivity (Wildman–Crippen MR) is 239 cm³/mol. The second-order valence-electron chi connectivity index (χ2n) is 14.3. The Balaban J connectivity index is 1.32. The summed E-state index contributed by atoms with van der Waals surface area (Å²) in [6.07, 6.45) is -0.620. The van der Waals surface area contributed by atoms with Crippen LogP contribution in [0.1, 0.15) is 50.6 Å². The molecule has 0 aromatic heterocycles. The van der Waals surface area contributed by atoms with E-state index in [1.165, 1.54) is 0 Å². The van der Waals surface area contributed by atoms with E-state index in [1.807, 2.05) is 78.9 Å².